The van der Waals surface area contributed by atoms with Gasteiger partial charge in [0.1, 0.15) is 0 Å². The molecule has 258 valence electrons. The SMILES string of the molecule is C[C@@H](CCC[C@@H](C)CCCC[C@@H](C)CCC[C@H](C)CC[C@@H]1[C@@H](C)C(O)C[C@H](O)C1(C)C)CCC[C@H](C)CCCC(C)(C)O. The second-order valence-corrected chi connectivity index (χ2v) is 17.5. The molecule has 0 radical (unpaired) electrons. The van der Waals surface area contributed by atoms with Crippen molar-refractivity contribution in [3.63, 3.8) is 0 Å². The molecule has 0 amide bonds. The summed E-state index contributed by atoms with van der Waals surface area (Å²) >= 11 is 0. The predicted octanol–water partition coefficient (Wildman–Crippen LogP) is 11.4. The Morgan fingerprint density at radius 2 is 0.953 bits per heavy atom. The summed E-state index contributed by atoms with van der Waals surface area (Å²) in [5.74, 6) is 4.79. The van der Waals surface area contributed by atoms with E-state index in [1.807, 2.05) is 13.8 Å². The molecule has 0 bridgehead atoms. The largest absolute Gasteiger partial charge is 0.393 e. The summed E-state index contributed by atoms with van der Waals surface area (Å²) in [7, 11) is 0. The fourth-order valence-corrected chi connectivity index (χ4v) is 8.07. The first-order valence-corrected chi connectivity index (χ1v) is 19.1. The van der Waals surface area contributed by atoms with Crippen LogP contribution in [0.1, 0.15) is 191 Å². The molecule has 0 aromatic heterocycles. The molecule has 3 heteroatoms. The minimum absolute atomic E-state index is 0.0958. The van der Waals surface area contributed by atoms with E-state index in [0.29, 0.717) is 12.3 Å². The molecule has 0 saturated heterocycles. The molecule has 0 aliphatic heterocycles. The maximum absolute atomic E-state index is 10.5. The minimum atomic E-state index is -0.505. The molecule has 1 aliphatic rings. The maximum Gasteiger partial charge on any atom is 0.0618 e. The Balaban J connectivity index is 2.05. The Hall–Kier alpha value is -0.120. The Labute approximate surface area is 270 Å². The third-order valence-corrected chi connectivity index (χ3v) is 11.8. The first kappa shape index (κ1) is 40.9. The van der Waals surface area contributed by atoms with E-state index in [1.54, 1.807) is 0 Å². The van der Waals surface area contributed by atoms with Crippen LogP contribution >= 0.6 is 0 Å². The second-order valence-electron chi connectivity index (χ2n) is 17.5. The van der Waals surface area contributed by atoms with Crippen molar-refractivity contribution < 1.29 is 15.3 Å². The summed E-state index contributed by atoms with van der Waals surface area (Å²) in [5.41, 5.74) is -0.600. The molecule has 0 heterocycles. The van der Waals surface area contributed by atoms with E-state index < -0.39 is 5.60 Å². The van der Waals surface area contributed by atoms with Crippen molar-refractivity contribution >= 4 is 0 Å². The molecule has 43 heavy (non-hydrogen) atoms. The van der Waals surface area contributed by atoms with Crippen LogP contribution in [-0.2, 0) is 0 Å². The van der Waals surface area contributed by atoms with Crippen LogP contribution in [0.3, 0.4) is 0 Å². The first-order chi connectivity index (χ1) is 20.0. The number of rotatable bonds is 24. The first-order valence-electron chi connectivity index (χ1n) is 19.1. The number of aliphatic hydroxyl groups excluding tert-OH is 2. The van der Waals surface area contributed by atoms with Crippen molar-refractivity contribution in [2.45, 2.75) is 209 Å². The number of unbranched alkanes of at least 4 members (excludes halogenated alkanes) is 1. The molecule has 0 aromatic rings. The van der Waals surface area contributed by atoms with Gasteiger partial charge >= 0.3 is 0 Å². The zero-order valence-corrected chi connectivity index (χ0v) is 31.0. The van der Waals surface area contributed by atoms with Crippen molar-refractivity contribution in [1.29, 1.82) is 0 Å². The lowest BCUT2D eigenvalue weighted by molar-refractivity contribution is -0.113. The van der Waals surface area contributed by atoms with Gasteiger partial charge in [0.2, 0.25) is 0 Å². The van der Waals surface area contributed by atoms with Gasteiger partial charge in [-0.1, -0.05) is 158 Å². The minimum Gasteiger partial charge on any atom is -0.393 e. The van der Waals surface area contributed by atoms with Crippen LogP contribution in [0.2, 0.25) is 0 Å². The number of hydrogen-bond acceptors (Lipinski definition) is 3. The highest BCUT2D eigenvalue weighted by molar-refractivity contribution is 4.96. The van der Waals surface area contributed by atoms with E-state index in [4.69, 9.17) is 0 Å². The molecule has 0 spiro atoms. The van der Waals surface area contributed by atoms with Crippen molar-refractivity contribution in [1.82, 2.24) is 0 Å². The topological polar surface area (TPSA) is 60.7 Å². The molecule has 9 atom stereocenters. The predicted molar refractivity (Wildman–Crippen MR) is 188 cm³/mol. The molecule has 1 fully saturated rings. The normalized spacial score (nSPS) is 26.2. The van der Waals surface area contributed by atoms with Gasteiger partial charge in [0.15, 0.2) is 0 Å². The Bertz CT molecular complexity index is 682. The average Bonchev–Trinajstić information content (AvgIpc) is 2.89. The summed E-state index contributed by atoms with van der Waals surface area (Å²) in [4.78, 5) is 0. The highest BCUT2D eigenvalue weighted by atomic mass is 16.3. The van der Waals surface area contributed by atoms with E-state index in [9.17, 15) is 15.3 Å². The van der Waals surface area contributed by atoms with E-state index >= 15 is 0 Å². The quantitative estimate of drug-likeness (QED) is 0.0955. The van der Waals surface area contributed by atoms with Crippen LogP contribution in [0.15, 0.2) is 0 Å². The van der Waals surface area contributed by atoms with Gasteiger partial charge in [-0.25, -0.2) is 0 Å². The second kappa shape index (κ2) is 20.9. The summed E-state index contributed by atoms with van der Waals surface area (Å²) in [5, 5.41) is 30.8. The Kier molecular flexibility index (Phi) is 19.9. The Morgan fingerprint density at radius 3 is 1.35 bits per heavy atom. The van der Waals surface area contributed by atoms with E-state index in [-0.39, 0.29) is 23.5 Å². The lowest BCUT2D eigenvalue weighted by atomic mass is 9.60. The van der Waals surface area contributed by atoms with Gasteiger partial charge in [-0.15, -0.1) is 0 Å². The zero-order valence-electron chi connectivity index (χ0n) is 31.0. The van der Waals surface area contributed by atoms with E-state index in [2.05, 4.69) is 55.4 Å². The summed E-state index contributed by atoms with van der Waals surface area (Å²) in [6, 6.07) is 0. The lowest BCUT2D eigenvalue weighted by Gasteiger charge is -2.49. The maximum atomic E-state index is 10.5. The fraction of sp³-hybridized carbons (Fsp3) is 1.00. The van der Waals surface area contributed by atoms with Crippen molar-refractivity contribution in [3.8, 4) is 0 Å². The highest BCUT2D eigenvalue weighted by Gasteiger charge is 2.46. The van der Waals surface area contributed by atoms with Crippen LogP contribution in [0.25, 0.3) is 0 Å². The molecular weight excluding hydrogens is 528 g/mol. The van der Waals surface area contributed by atoms with Crippen LogP contribution in [0, 0.1) is 46.8 Å². The van der Waals surface area contributed by atoms with Crippen LogP contribution < -0.4 is 0 Å². The molecule has 0 aromatic carbocycles. The van der Waals surface area contributed by atoms with Crippen LogP contribution in [0.5, 0.6) is 0 Å². The van der Waals surface area contributed by atoms with Crippen molar-refractivity contribution in [3.05, 3.63) is 0 Å². The summed E-state index contributed by atoms with van der Waals surface area (Å²) in [6.07, 6.45) is 23.4. The molecule has 1 aliphatic carbocycles. The third kappa shape index (κ3) is 18.0. The highest BCUT2D eigenvalue weighted by Crippen LogP contribution is 2.47. The van der Waals surface area contributed by atoms with Crippen molar-refractivity contribution in [2.75, 3.05) is 0 Å². The van der Waals surface area contributed by atoms with Gasteiger partial charge < -0.3 is 15.3 Å². The molecule has 3 nitrogen and oxygen atoms in total. The van der Waals surface area contributed by atoms with Crippen LogP contribution in [0.4, 0.5) is 0 Å². The summed E-state index contributed by atoms with van der Waals surface area (Å²) < 4.78 is 0. The molecule has 1 saturated carbocycles. The van der Waals surface area contributed by atoms with Gasteiger partial charge in [0.05, 0.1) is 17.8 Å². The van der Waals surface area contributed by atoms with Crippen molar-refractivity contribution in [2.24, 2.45) is 46.8 Å². The fourth-order valence-electron chi connectivity index (χ4n) is 8.07. The van der Waals surface area contributed by atoms with Gasteiger partial charge in [0.25, 0.3) is 0 Å². The smallest absolute Gasteiger partial charge is 0.0618 e. The lowest BCUT2D eigenvalue weighted by Crippen LogP contribution is -2.50. The molecule has 3 N–H and O–H groups in total. The monoisotopic (exact) mass is 609 g/mol. The standard InChI is InChI=1S/C40H80O3/c1-30(19-13-21-32(3)22-14-23-33(4)25-16-28-39(7,8)43)17-11-12-18-31(2)20-15-24-34(5)26-27-36-35(6)37(41)29-38(42)40(36,9)10/h30-38,41-43H,11-29H2,1-10H3/t30-,31+,32-,33-,34-,35+,36+,37?,38-/m0/s1. The van der Waals surface area contributed by atoms with E-state index in [1.165, 1.54) is 96.3 Å². The van der Waals surface area contributed by atoms with E-state index in [0.717, 1.165) is 48.9 Å². The zero-order chi connectivity index (χ0) is 32.6. The van der Waals surface area contributed by atoms with Gasteiger partial charge in [-0.3, -0.25) is 0 Å². The molecule has 1 unspecified atom stereocenters. The number of aliphatic hydroxyl groups is 3. The molecular formula is C40H80O3. The van der Waals surface area contributed by atoms with Gasteiger partial charge in [0, 0.05) is 6.42 Å². The molecule has 1 rings (SSSR count). The third-order valence-electron chi connectivity index (χ3n) is 11.8. The Morgan fingerprint density at radius 1 is 0.605 bits per heavy atom. The average molecular weight is 609 g/mol. The van der Waals surface area contributed by atoms with Gasteiger partial charge in [-0.05, 0) is 73.5 Å². The van der Waals surface area contributed by atoms with Gasteiger partial charge in [-0.2, -0.15) is 0 Å². The van der Waals surface area contributed by atoms with Crippen LogP contribution in [-0.4, -0.2) is 33.1 Å². The number of hydrogen-bond donors (Lipinski definition) is 3. The summed E-state index contributed by atoms with van der Waals surface area (Å²) in [6.45, 7) is 22.6.